The van der Waals surface area contributed by atoms with Crippen LogP contribution in [-0.2, 0) is 17.9 Å². The van der Waals surface area contributed by atoms with Gasteiger partial charge in [-0.25, -0.2) is 0 Å². The quantitative estimate of drug-likeness (QED) is 0.667. The molecule has 150 valence electrons. The Morgan fingerprint density at radius 2 is 1.86 bits per heavy atom. The smallest absolute Gasteiger partial charge is 0.227 e. The Hall–Kier alpha value is -1.75. The zero-order valence-corrected chi connectivity index (χ0v) is 17.8. The molecule has 1 amide bonds. The fourth-order valence-electron chi connectivity index (χ4n) is 3.70. The third kappa shape index (κ3) is 5.19. The van der Waals surface area contributed by atoms with Crippen molar-refractivity contribution in [2.75, 3.05) is 27.2 Å². The minimum absolute atomic E-state index is 0.00161. The van der Waals surface area contributed by atoms with Gasteiger partial charge < -0.3 is 9.64 Å². The third-order valence-electron chi connectivity index (χ3n) is 5.25. The number of carbonyl (C=O) groups is 1. The number of rotatable bonds is 6. The van der Waals surface area contributed by atoms with Crippen molar-refractivity contribution in [1.29, 1.82) is 0 Å². The number of carbonyl (C=O) groups excluding carboxylic acids is 1. The lowest BCUT2D eigenvalue weighted by atomic mass is 9.96. The fraction of sp³-hybridized carbons (Fsp3) is 0.409. The number of hydrogen-bond acceptors (Lipinski definition) is 3. The number of amides is 1. The van der Waals surface area contributed by atoms with Crippen LogP contribution in [0.4, 0.5) is 0 Å². The Morgan fingerprint density at radius 3 is 2.50 bits per heavy atom. The van der Waals surface area contributed by atoms with Crippen LogP contribution in [0.2, 0.25) is 10.0 Å². The normalized spacial score (nSPS) is 17.4. The lowest BCUT2D eigenvalue weighted by Crippen LogP contribution is -2.43. The van der Waals surface area contributed by atoms with Crippen LogP contribution in [0.1, 0.15) is 24.0 Å². The van der Waals surface area contributed by atoms with Crippen molar-refractivity contribution in [1.82, 2.24) is 9.80 Å². The number of benzene rings is 2. The third-order valence-corrected chi connectivity index (χ3v) is 5.96. The van der Waals surface area contributed by atoms with Crippen molar-refractivity contribution in [2.45, 2.75) is 25.9 Å². The van der Waals surface area contributed by atoms with Crippen LogP contribution in [0, 0.1) is 5.92 Å². The zero-order chi connectivity index (χ0) is 20.1. The SMILES string of the molecule is COc1ccc(CN(C)C(=O)[C@@H]2CCCN(Cc3c(Cl)cccc3Cl)C2)cc1. The van der Waals surface area contributed by atoms with E-state index < -0.39 is 0 Å². The molecule has 1 heterocycles. The maximum Gasteiger partial charge on any atom is 0.227 e. The van der Waals surface area contributed by atoms with Crippen molar-refractivity contribution in [3.8, 4) is 5.75 Å². The number of piperidine rings is 1. The number of likely N-dealkylation sites (tertiary alicyclic amines) is 1. The molecule has 2 aromatic carbocycles. The van der Waals surface area contributed by atoms with Crippen molar-refractivity contribution in [3.05, 3.63) is 63.6 Å². The van der Waals surface area contributed by atoms with Gasteiger partial charge in [0.1, 0.15) is 5.75 Å². The molecule has 0 saturated carbocycles. The average molecular weight is 421 g/mol. The average Bonchev–Trinajstić information content (AvgIpc) is 2.71. The van der Waals surface area contributed by atoms with Gasteiger partial charge >= 0.3 is 0 Å². The summed E-state index contributed by atoms with van der Waals surface area (Å²) in [6, 6.07) is 13.4. The van der Waals surface area contributed by atoms with Gasteiger partial charge in [-0.05, 0) is 49.2 Å². The van der Waals surface area contributed by atoms with Gasteiger partial charge in [-0.1, -0.05) is 41.4 Å². The number of nitrogens with zero attached hydrogens (tertiary/aromatic N) is 2. The lowest BCUT2D eigenvalue weighted by molar-refractivity contribution is -0.136. The lowest BCUT2D eigenvalue weighted by Gasteiger charge is -2.34. The highest BCUT2D eigenvalue weighted by molar-refractivity contribution is 6.35. The molecule has 1 fully saturated rings. The minimum Gasteiger partial charge on any atom is -0.497 e. The van der Waals surface area contributed by atoms with Crippen molar-refractivity contribution >= 4 is 29.1 Å². The van der Waals surface area contributed by atoms with Crippen molar-refractivity contribution < 1.29 is 9.53 Å². The molecule has 1 saturated heterocycles. The molecule has 0 radical (unpaired) electrons. The Kier molecular flexibility index (Phi) is 7.22. The minimum atomic E-state index is -0.00161. The van der Waals surface area contributed by atoms with Gasteiger partial charge in [-0.3, -0.25) is 9.69 Å². The van der Waals surface area contributed by atoms with Crippen LogP contribution in [0.3, 0.4) is 0 Å². The molecule has 0 aliphatic carbocycles. The molecular weight excluding hydrogens is 395 g/mol. The van der Waals surface area contributed by atoms with Crippen LogP contribution in [0.25, 0.3) is 0 Å². The molecule has 0 unspecified atom stereocenters. The summed E-state index contributed by atoms with van der Waals surface area (Å²) < 4.78 is 5.19. The number of ether oxygens (including phenoxy) is 1. The maximum absolute atomic E-state index is 13.0. The Labute approximate surface area is 177 Å². The van der Waals surface area contributed by atoms with Crippen molar-refractivity contribution in [3.63, 3.8) is 0 Å². The van der Waals surface area contributed by atoms with Crippen LogP contribution in [0.15, 0.2) is 42.5 Å². The van der Waals surface area contributed by atoms with Gasteiger partial charge in [-0.2, -0.15) is 0 Å². The van der Waals surface area contributed by atoms with E-state index in [1.165, 1.54) is 0 Å². The zero-order valence-electron chi connectivity index (χ0n) is 16.3. The topological polar surface area (TPSA) is 32.8 Å². The molecule has 6 heteroatoms. The highest BCUT2D eigenvalue weighted by atomic mass is 35.5. The van der Waals surface area contributed by atoms with Gasteiger partial charge in [-0.15, -0.1) is 0 Å². The molecule has 1 aliphatic rings. The molecule has 1 atom stereocenters. The van der Waals surface area contributed by atoms with Gasteiger partial charge in [0, 0.05) is 42.3 Å². The number of halogens is 2. The van der Waals surface area contributed by atoms with Crippen molar-refractivity contribution in [2.24, 2.45) is 5.92 Å². The fourth-order valence-corrected chi connectivity index (χ4v) is 4.22. The van der Waals surface area contributed by atoms with E-state index in [-0.39, 0.29) is 11.8 Å². The summed E-state index contributed by atoms with van der Waals surface area (Å²) in [5.74, 6) is 1.00. The molecule has 0 aromatic heterocycles. The summed E-state index contributed by atoms with van der Waals surface area (Å²) in [5.41, 5.74) is 2.03. The van der Waals surface area contributed by atoms with E-state index in [1.807, 2.05) is 54.4 Å². The second-order valence-electron chi connectivity index (χ2n) is 7.32. The molecule has 0 N–H and O–H groups in total. The molecule has 3 rings (SSSR count). The van der Waals surface area contributed by atoms with E-state index in [1.54, 1.807) is 7.11 Å². The highest BCUT2D eigenvalue weighted by Crippen LogP contribution is 2.28. The largest absolute Gasteiger partial charge is 0.497 e. The Morgan fingerprint density at radius 1 is 1.18 bits per heavy atom. The summed E-state index contributed by atoms with van der Waals surface area (Å²) in [7, 11) is 3.52. The molecule has 4 nitrogen and oxygen atoms in total. The maximum atomic E-state index is 13.0. The molecular formula is C22H26Cl2N2O2. The van der Waals surface area contributed by atoms with E-state index >= 15 is 0 Å². The highest BCUT2D eigenvalue weighted by Gasteiger charge is 2.28. The number of methoxy groups -OCH3 is 1. The van der Waals surface area contributed by atoms with Crippen LogP contribution in [-0.4, -0.2) is 43.0 Å². The van der Waals surface area contributed by atoms with E-state index in [0.29, 0.717) is 23.1 Å². The molecule has 28 heavy (non-hydrogen) atoms. The summed E-state index contributed by atoms with van der Waals surface area (Å²) in [4.78, 5) is 17.1. The van der Waals surface area contributed by atoms with Gasteiger partial charge in [0.15, 0.2) is 0 Å². The summed E-state index contributed by atoms with van der Waals surface area (Å²) in [6.07, 6.45) is 1.91. The predicted octanol–water partition coefficient (Wildman–Crippen LogP) is 4.87. The molecule has 1 aliphatic heterocycles. The summed E-state index contributed by atoms with van der Waals surface area (Å²) in [5, 5.41) is 1.36. The van der Waals surface area contributed by atoms with Crippen LogP contribution >= 0.6 is 23.2 Å². The second-order valence-corrected chi connectivity index (χ2v) is 8.13. The van der Waals surface area contributed by atoms with E-state index in [9.17, 15) is 4.79 Å². The summed E-state index contributed by atoms with van der Waals surface area (Å²) in [6.45, 7) is 2.95. The first-order chi connectivity index (χ1) is 13.5. The van der Waals surface area contributed by atoms with E-state index in [4.69, 9.17) is 27.9 Å². The van der Waals surface area contributed by atoms with Gasteiger partial charge in [0.25, 0.3) is 0 Å². The monoisotopic (exact) mass is 420 g/mol. The first-order valence-electron chi connectivity index (χ1n) is 9.51. The van der Waals surface area contributed by atoms with Gasteiger partial charge in [0.05, 0.1) is 13.0 Å². The standard InChI is InChI=1S/C22H26Cl2N2O2/c1-25(13-16-8-10-18(28-2)11-9-16)22(27)17-5-4-12-26(14-17)15-19-20(23)6-3-7-21(19)24/h3,6-11,17H,4-5,12-15H2,1-2H3/t17-/m1/s1. The van der Waals surface area contributed by atoms with E-state index in [0.717, 1.165) is 42.8 Å². The van der Waals surface area contributed by atoms with Crippen LogP contribution in [0.5, 0.6) is 5.75 Å². The Bertz CT molecular complexity index is 790. The Balaban J connectivity index is 1.60. The molecule has 0 bridgehead atoms. The second kappa shape index (κ2) is 9.64. The number of hydrogen-bond donors (Lipinski definition) is 0. The van der Waals surface area contributed by atoms with Crippen LogP contribution < -0.4 is 4.74 Å². The molecule has 0 spiro atoms. The van der Waals surface area contributed by atoms with Gasteiger partial charge in [0.2, 0.25) is 5.91 Å². The predicted molar refractivity (Wildman–Crippen MR) is 114 cm³/mol. The first-order valence-corrected chi connectivity index (χ1v) is 10.3. The van der Waals surface area contributed by atoms with E-state index in [2.05, 4.69) is 4.90 Å². The molecule has 2 aromatic rings. The summed E-state index contributed by atoms with van der Waals surface area (Å²) >= 11 is 12.6. The first kappa shape index (κ1) is 21.0.